The van der Waals surface area contributed by atoms with Gasteiger partial charge in [-0.2, -0.15) is 4.31 Å². The summed E-state index contributed by atoms with van der Waals surface area (Å²) in [4.78, 5) is 14.6. The molecule has 4 aromatic rings. The van der Waals surface area contributed by atoms with Crippen molar-refractivity contribution in [2.75, 3.05) is 31.9 Å². The number of hydrogen-bond acceptors (Lipinski definition) is 8. The number of sulfonamides is 1. The Bertz CT molecular complexity index is 1440. The maximum absolute atomic E-state index is 13.1. The molecule has 11 heteroatoms. The summed E-state index contributed by atoms with van der Waals surface area (Å²) in [5.41, 5.74) is 0.717. The maximum atomic E-state index is 13.1. The van der Waals surface area contributed by atoms with E-state index in [-0.39, 0.29) is 29.6 Å². The predicted octanol–water partition coefficient (Wildman–Crippen LogP) is 3.42. The topological polar surface area (TPSA) is 110 Å². The van der Waals surface area contributed by atoms with Gasteiger partial charge < -0.3 is 13.7 Å². The van der Waals surface area contributed by atoms with Crippen molar-refractivity contribution in [3.8, 4) is 11.5 Å². The van der Waals surface area contributed by atoms with Crippen LogP contribution in [0.3, 0.4) is 0 Å². The highest BCUT2D eigenvalue weighted by atomic mass is 32.2. The third kappa shape index (κ3) is 4.46. The van der Waals surface area contributed by atoms with Gasteiger partial charge in [0.15, 0.2) is 0 Å². The van der Waals surface area contributed by atoms with Crippen molar-refractivity contribution in [1.29, 1.82) is 0 Å². The van der Waals surface area contributed by atoms with E-state index in [1.54, 1.807) is 36.3 Å². The van der Waals surface area contributed by atoms with E-state index in [2.05, 4.69) is 10.2 Å². The lowest BCUT2D eigenvalue weighted by atomic mass is 10.1. The van der Waals surface area contributed by atoms with E-state index in [1.165, 1.54) is 4.31 Å². The lowest BCUT2D eigenvalue weighted by Crippen LogP contribution is -2.50. The van der Waals surface area contributed by atoms with Crippen molar-refractivity contribution in [2.45, 2.75) is 17.0 Å². The van der Waals surface area contributed by atoms with Gasteiger partial charge in [0.2, 0.25) is 15.9 Å². The fraction of sp³-hybridized carbons (Fsp3) is 0.261. The number of carbonyl (C=O) groups is 1. The first-order valence-electron chi connectivity index (χ1n) is 10.7. The molecule has 1 fully saturated rings. The number of aromatic nitrogens is 2. The zero-order valence-electron chi connectivity index (χ0n) is 18.4. The average molecular weight is 499 g/mol. The van der Waals surface area contributed by atoms with Crippen LogP contribution in [-0.2, 0) is 14.8 Å². The van der Waals surface area contributed by atoms with Gasteiger partial charge in [-0.1, -0.05) is 42.1 Å². The molecule has 0 saturated carbocycles. The Labute approximate surface area is 200 Å². The lowest BCUT2D eigenvalue weighted by molar-refractivity contribution is -0.129. The summed E-state index contributed by atoms with van der Waals surface area (Å²) in [5.74, 6) is 1.04. The van der Waals surface area contributed by atoms with Gasteiger partial charge in [-0.05, 0) is 35.9 Å². The van der Waals surface area contributed by atoms with E-state index in [9.17, 15) is 13.2 Å². The number of thioether (sulfide) groups is 1. The molecular weight excluding hydrogens is 476 g/mol. The van der Waals surface area contributed by atoms with Crippen molar-refractivity contribution in [3.63, 3.8) is 0 Å². The molecule has 1 aliphatic rings. The molecule has 1 aliphatic heterocycles. The van der Waals surface area contributed by atoms with Crippen molar-refractivity contribution >= 4 is 38.5 Å². The zero-order valence-corrected chi connectivity index (χ0v) is 20.0. The van der Waals surface area contributed by atoms with Crippen LogP contribution in [0.2, 0.25) is 0 Å². The number of aryl methyl sites for hydroxylation is 1. The first-order chi connectivity index (χ1) is 16.4. The molecule has 1 saturated heterocycles. The second kappa shape index (κ2) is 9.24. The molecule has 2 aromatic carbocycles. The largest absolute Gasteiger partial charge is 0.469 e. The van der Waals surface area contributed by atoms with E-state index < -0.39 is 10.0 Å². The zero-order chi connectivity index (χ0) is 23.7. The lowest BCUT2D eigenvalue weighted by Gasteiger charge is -2.34. The quantitative estimate of drug-likeness (QED) is 0.372. The number of amides is 1. The van der Waals surface area contributed by atoms with Crippen LogP contribution >= 0.6 is 11.8 Å². The highest BCUT2D eigenvalue weighted by Crippen LogP contribution is 2.27. The minimum absolute atomic E-state index is 0.105. The van der Waals surface area contributed by atoms with Gasteiger partial charge in [-0.15, -0.1) is 10.2 Å². The number of rotatable bonds is 6. The molecule has 0 atom stereocenters. The van der Waals surface area contributed by atoms with Crippen LogP contribution in [0.15, 0.2) is 73.7 Å². The number of piperazine rings is 1. The summed E-state index contributed by atoms with van der Waals surface area (Å²) < 4.78 is 38.5. The van der Waals surface area contributed by atoms with Crippen LogP contribution in [0.25, 0.3) is 22.2 Å². The molecule has 0 N–H and O–H groups in total. The molecule has 34 heavy (non-hydrogen) atoms. The average Bonchev–Trinajstić information content (AvgIpc) is 3.51. The van der Waals surface area contributed by atoms with Crippen molar-refractivity contribution < 1.29 is 22.0 Å². The van der Waals surface area contributed by atoms with Crippen LogP contribution in [0, 0.1) is 6.92 Å². The molecule has 0 unspecified atom stereocenters. The Morgan fingerprint density at radius 3 is 2.53 bits per heavy atom. The summed E-state index contributed by atoms with van der Waals surface area (Å²) in [6, 6.07) is 14.5. The van der Waals surface area contributed by atoms with Gasteiger partial charge >= 0.3 is 0 Å². The molecule has 176 valence electrons. The fourth-order valence-electron chi connectivity index (χ4n) is 3.85. The molecule has 3 heterocycles. The molecule has 0 aliphatic carbocycles. The third-order valence-corrected chi connectivity index (χ3v) is 8.46. The van der Waals surface area contributed by atoms with E-state index in [1.807, 2.05) is 30.3 Å². The summed E-state index contributed by atoms with van der Waals surface area (Å²) in [6.45, 7) is 2.95. The van der Waals surface area contributed by atoms with Crippen molar-refractivity contribution in [2.24, 2.45) is 0 Å². The molecule has 2 aromatic heterocycles. The van der Waals surface area contributed by atoms with Crippen LogP contribution in [-0.4, -0.2) is 65.7 Å². The minimum atomic E-state index is -3.63. The van der Waals surface area contributed by atoms with Gasteiger partial charge in [-0.3, -0.25) is 4.79 Å². The highest BCUT2D eigenvalue weighted by molar-refractivity contribution is 7.99. The van der Waals surface area contributed by atoms with E-state index in [0.717, 1.165) is 28.1 Å². The SMILES string of the molecule is Cc1occc1-c1nnc(SCC(=O)N2CCN(S(=O)(=O)c3ccc4ccccc4c3)CC2)o1. The standard InChI is InChI=1S/C23H22N4O5S2/c1-16-20(8-13-31-16)22-24-25-23(32-22)33-15-21(28)26-9-11-27(12-10-26)34(29,30)19-7-6-17-4-2-3-5-18(17)14-19/h2-8,13-14H,9-12,15H2,1H3. The second-order valence-electron chi connectivity index (χ2n) is 7.85. The Morgan fingerprint density at radius 2 is 1.79 bits per heavy atom. The monoisotopic (exact) mass is 498 g/mol. The smallest absolute Gasteiger partial charge is 0.277 e. The normalized spacial score (nSPS) is 15.1. The second-order valence-corrected chi connectivity index (χ2v) is 10.7. The Balaban J connectivity index is 1.17. The molecular formula is C23H22N4O5S2. The highest BCUT2D eigenvalue weighted by Gasteiger charge is 2.30. The Kier molecular flexibility index (Phi) is 6.15. The first kappa shape index (κ1) is 22.6. The molecule has 0 bridgehead atoms. The maximum Gasteiger partial charge on any atom is 0.277 e. The number of fused-ring (bicyclic) bond motifs is 1. The van der Waals surface area contributed by atoms with E-state index in [0.29, 0.717) is 30.0 Å². The minimum Gasteiger partial charge on any atom is -0.469 e. The number of carbonyl (C=O) groups excluding carboxylic acids is 1. The summed E-state index contributed by atoms with van der Waals surface area (Å²) >= 11 is 1.16. The fourth-order valence-corrected chi connectivity index (χ4v) is 5.98. The first-order valence-corrected chi connectivity index (χ1v) is 13.1. The van der Waals surface area contributed by atoms with Crippen LogP contribution in [0.4, 0.5) is 0 Å². The number of furan rings is 1. The Morgan fingerprint density at radius 1 is 1.03 bits per heavy atom. The summed E-state index contributed by atoms with van der Waals surface area (Å²) in [6.07, 6.45) is 1.55. The molecule has 5 rings (SSSR count). The Hall–Kier alpha value is -3.15. The third-order valence-electron chi connectivity index (χ3n) is 5.76. The van der Waals surface area contributed by atoms with E-state index >= 15 is 0 Å². The molecule has 1 amide bonds. The van der Waals surface area contributed by atoms with Crippen molar-refractivity contribution in [3.05, 3.63) is 60.6 Å². The van der Waals surface area contributed by atoms with Crippen LogP contribution in [0.5, 0.6) is 0 Å². The van der Waals surface area contributed by atoms with Crippen molar-refractivity contribution in [1.82, 2.24) is 19.4 Å². The molecule has 0 spiro atoms. The predicted molar refractivity (Wildman–Crippen MR) is 127 cm³/mol. The van der Waals surface area contributed by atoms with Crippen LogP contribution in [0.1, 0.15) is 5.76 Å². The van der Waals surface area contributed by atoms with Gasteiger partial charge in [0.25, 0.3) is 11.1 Å². The van der Waals surface area contributed by atoms with E-state index in [4.69, 9.17) is 8.83 Å². The summed E-state index contributed by atoms with van der Waals surface area (Å²) in [5, 5.41) is 10.1. The van der Waals surface area contributed by atoms with Gasteiger partial charge in [0.1, 0.15) is 5.76 Å². The number of hydrogen-bond donors (Lipinski definition) is 0. The van der Waals surface area contributed by atoms with Gasteiger partial charge in [-0.25, -0.2) is 8.42 Å². The molecule has 9 nitrogen and oxygen atoms in total. The van der Waals surface area contributed by atoms with Gasteiger partial charge in [0, 0.05) is 26.2 Å². The van der Waals surface area contributed by atoms with Gasteiger partial charge in [0.05, 0.1) is 22.5 Å². The molecule has 0 radical (unpaired) electrons. The number of benzene rings is 2. The summed E-state index contributed by atoms with van der Waals surface area (Å²) in [7, 11) is -3.63. The van der Waals surface area contributed by atoms with Crippen LogP contribution < -0.4 is 0 Å². The number of nitrogens with zero attached hydrogens (tertiary/aromatic N) is 4.